The Morgan fingerprint density at radius 1 is 1.32 bits per heavy atom. The first-order chi connectivity index (χ1) is 10.7. The molecule has 0 aliphatic heterocycles. The van der Waals surface area contributed by atoms with E-state index >= 15 is 0 Å². The van der Waals surface area contributed by atoms with Crippen LogP contribution in [-0.2, 0) is 4.79 Å². The molecule has 2 aromatic rings. The summed E-state index contributed by atoms with van der Waals surface area (Å²) in [7, 11) is 0. The molecule has 114 valence electrons. The molecular weight excluding hydrogens is 272 g/mol. The molecule has 3 rings (SSSR count). The van der Waals surface area contributed by atoms with Gasteiger partial charge in [0.2, 0.25) is 5.91 Å². The zero-order valence-electron chi connectivity index (χ0n) is 13.0. The third kappa shape index (κ3) is 2.89. The van der Waals surface area contributed by atoms with Gasteiger partial charge in [0.15, 0.2) is 0 Å². The van der Waals surface area contributed by atoms with Crippen LogP contribution in [0.4, 0.5) is 5.69 Å². The van der Waals surface area contributed by atoms with Crippen LogP contribution in [0.15, 0.2) is 48.7 Å². The van der Waals surface area contributed by atoms with E-state index in [0.717, 1.165) is 48.7 Å². The summed E-state index contributed by atoms with van der Waals surface area (Å²) >= 11 is 0. The van der Waals surface area contributed by atoms with Gasteiger partial charge in [-0.15, -0.1) is 0 Å². The second kappa shape index (κ2) is 6.30. The van der Waals surface area contributed by atoms with Crippen molar-refractivity contribution in [3.8, 4) is 0 Å². The monoisotopic (exact) mass is 294 g/mol. The zero-order valence-corrected chi connectivity index (χ0v) is 13.0. The van der Waals surface area contributed by atoms with Gasteiger partial charge in [0.1, 0.15) is 0 Å². The highest BCUT2D eigenvalue weighted by Crippen LogP contribution is 2.38. The summed E-state index contributed by atoms with van der Waals surface area (Å²) in [6, 6.07) is 9.95. The molecule has 1 amide bonds. The number of nitrogens with zero attached hydrogens (tertiary/aromatic N) is 1. The van der Waals surface area contributed by atoms with Crippen molar-refractivity contribution in [1.82, 2.24) is 4.98 Å². The zero-order chi connectivity index (χ0) is 15.4. The van der Waals surface area contributed by atoms with Crippen LogP contribution in [0.25, 0.3) is 10.9 Å². The summed E-state index contributed by atoms with van der Waals surface area (Å²) in [6.45, 7) is 2.14. The first-order valence-electron chi connectivity index (χ1n) is 8.05. The summed E-state index contributed by atoms with van der Waals surface area (Å²) in [5.74, 6) is 0.135. The Labute approximate surface area is 131 Å². The van der Waals surface area contributed by atoms with Crippen LogP contribution in [0.3, 0.4) is 0 Å². The van der Waals surface area contributed by atoms with Gasteiger partial charge >= 0.3 is 0 Å². The van der Waals surface area contributed by atoms with E-state index in [1.807, 2.05) is 30.3 Å². The molecule has 0 saturated heterocycles. The lowest BCUT2D eigenvalue weighted by molar-refractivity contribution is -0.126. The van der Waals surface area contributed by atoms with E-state index in [1.54, 1.807) is 6.20 Å². The third-order valence-corrected chi connectivity index (χ3v) is 4.52. The number of allylic oxidation sites excluding steroid dienone is 2. The van der Waals surface area contributed by atoms with Gasteiger partial charge in [0, 0.05) is 5.39 Å². The van der Waals surface area contributed by atoms with E-state index in [9.17, 15) is 4.79 Å². The summed E-state index contributed by atoms with van der Waals surface area (Å²) in [5, 5.41) is 4.14. The number of benzene rings is 1. The Balaban J connectivity index is 1.83. The molecule has 1 atom stereocenters. The van der Waals surface area contributed by atoms with Crippen LogP contribution in [0, 0.1) is 5.41 Å². The minimum absolute atomic E-state index is 0.135. The fourth-order valence-electron chi connectivity index (χ4n) is 3.32. The Bertz CT molecular complexity index is 707. The molecule has 3 nitrogen and oxygen atoms in total. The van der Waals surface area contributed by atoms with Crippen LogP contribution >= 0.6 is 0 Å². The highest BCUT2D eigenvalue weighted by atomic mass is 16.2. The number of pyridine rings is 1. The first kappa shape index (κ1) is 14.8. The van der Waals surface area contributed by atoms with Gasteiger partial charge in [-0.1, -0.05) is 43.7 Å². The average Bonchev–Trinajstić information content (AvgIpc) is 2.56. The number of nitrogens with one attached hydrogen (secondary N) is 1. The van der Waals surface area contributed by atoms with E-state index in [2.05, 4.69) is 29.4 Å². The topological polar surface area (TPSA) is 42.0 Å². The van der Waals surface area contributed by atoms with Crippen molar-refractivity contribution >= 4 is 22.5 Å². The minimum atomic E-state index is -0.255. The number of fused-ring (bicyclic) bond motifs is 1. The van der Waals surface area contributed by atoms with Crippen LogP contribution in [0.1, 0.15) is 39.0 Å². The molecule has 0 saturated carbocycles. The lowest BCUT2D eigenvalue weighted by atomic mass is 9.73. The molecule has 1 aliphatic carbocycles. The number of carbonyl (C=O) groups excluding carboxylic acids is 1. The molecular formula is C19H22N2O. The molecule has 0 radical (unpaired) electrons. The summed E-state index contributed by atoms with van der Waals surface area (Å²) in [5.41, 5.74) is 1.48. The minimum Gasteiger partial charge on any atom is -0.324 e. The van der Waals surface area contributed by atoms with E-state index in [4.69, 9.17) is 0 Å². The van der Waals surface area contributed by atoms with Crippen LogP contribution in [-0.4, -0.2) is 10.9 Å². The van der Waals surface area contributed by atoms with Crippen molar-refractivity contribution in [3.63, 3.8) is 0 Å². The van der Waals surface area contributed by atoms with E-state index in [-0.39, 0.29) is 11.3 Å². The SMILES string of the molecule is CCCC1(C(=O)Nc2cnc3ccccc3c2)CC=CCC1. The highest BCUT2D eigenvalue weighted by molar-refractivity contribution is 5.97. The lowest BCUT2D eigenvalue weighted by Gasteiger charge is -2.33. The molecule has 22 heavy (non-hydrogen) atoms. The van der Waals surface area contributed by atoms with Crippen molar-refractivity contribution in [3.05, 3.63) is 48.7 Å². The number of aromatic nitrogens is 1. The summed E-state index contributed by atoms with van der Waals surface area (Å²) in [6.07, 6.45) is 10.8. The van der Waals surface area contributed by atoms with Gasteiger partial charge in [0.25, 0.3) is 0 Å². The fraction of sp³-hybridized carbons (Fsp3) is 0.368. The first-order valence-corrected chi connectivity index (χ1v) is 8.05. The van der Waals surface area contributed by atoms with E-state index in [0.29, 0.717) is 0 Å². The van der Waals surface area contributed by atoms with Gasteiger partial charge in [-0.2, -0.15) is 0 Å². The average molecular weight is 294 g/mol. The third-order valence-electron chi connectivity index (χ3n) is 4.52. The van der Waals surface area contributed by atoms with Crippen molar-refractivity contribution in [2.24, 2.45) is 5.41 Å². The number of amides is 1. The van der Waals surface area contributed by atoms with Crippen LogP contribution in [0.2, 0.25) is 0 Å². The number of carbonyl (C=O) groups is 1. The molecule has 1 aromatic carbocycles. The number of hydrogen-bond donors (Lipinski definition) is 1. The molecule has 1 unspecified atom stereocenters. The molecule has 3 heteroatoms. The lowest BCUT2D eigenvalue weighted by Crippen LogP contribution is -2.37. The van der Waals surface area contributed by atoms with Crippen LogP contribution in [0.5, 0.6) is 0 Å². The number of hydrogen-bond acceptors (Lipinski definition) is 2. The number of para-hydroxylation sites is 1. The Hall–Kier alpha value is -2.16. The smallest absolute Gasteiger partial charge is 0.230 e. The predicted octanol–water partition coefficient (Wildman–Crippen LogP) is 4.70. The Morgan fingerprint density at radius 2 is 2.18 bits per heavy atom. The second-order valence-corrected chi connectivity index (χ2v) is 6.12. The van der Waals surface area contributed by atoms with Gasteiger partial charge in [0.05, 0.1) is 22.8 Å². The maximum Gasteiger partial charge on any atom is 0.230 e. The van der Waals surface area contributed by atoms with Crippen LogP contribution < -0.4 is 5.32 Å². The molecule has 1 heterocycles. The molecule has 0 fully saturated rings. The van der Waals surface area contributed by atoms with Crippen molar-refractivity contribution in [2.75, 3.05) is 5.32 Å². The van der Waals surface area contributed by atoms with Gasteiger partial charge < -0.3 is 5.32 Å². The Morgan fingerprint density at radius 3 is 2.95 bits per heavy atom. The van der Waals surface area contributed by atoms with Gasteiger partial charge in [-0.25, -0.2) is 0 Å². The number of anilines is 1. The summed E-state index contributed by atoms with van der Waals surface area (Å²) in [4.78, 5) is 17.3. The normalized spacial score (nSPS) is 21.0. The predicted molar refractivity (Wildman–Crippen MR) is 90.7 cm³/mol. The fourth-order valence-corrected chi connectivity index (χ4v) is 3.32. The van der Waals surface area contributed by atoms with Crippen molar-refractivity contribution in [1.29, 1.82) is 0 Å². The van der Waals surface area contributed by atoms with Gasteiger partial charge in [-0.05, 0) is 37.8 Å². The van der Waals surface area contributed by atoms with Gasteiger partial charge in [-0.3, -0.25) is 9.78 Å². The van der Waals surface area contributed by atoms with E-state index in [1.165, 1.54) is 0 Å². The maximum absolute atomic E-state index is 12.8. The molecule has 1 aromatic heterocycles. The molecule has 1 aliphatic rings. The molecule has 0 bridgehead atoms. The maximum atomic E-state index is 12.8. The standard InChI is InChI=1S/C19H22N2O/c1-2-10-19(11-6-3-7-12-19)18(22)21-16-13-15-8-4-5-9-17(15)20-14-16/h3-6,8-9,13-14H,2,7,10-12H2,1H3,(H,21,22). The van der Waals surface area contributed by atoms with E-state index < -0.39 is 0 Å². The highest BCUT2D eigenvalue weighted by Gasteiger charge is 2.37. The largest absolute Gasteiger partial charge is 0.324 e. The van der Waals surface area contributed by atoms with Crippen molar-refractivity contribution in [2.45, 2.75) is 39.0 Å². The number of rotatable bonds is 4. The summed E-state index contributed by atoms with van der Waals surface area (Å²) < 4.78 is 0. The molecule has 1 N–H and O–H groups in total. The second-order valence-electron chi connectivity index (χ2n) is 6.12. The quantitative estimate of drug-likeness (QED) is 0.830. The van der Waals surface area contributed by atoms with Crippen molar-refractivity contribution < 1.29 is 4.79 Å². The molecule has 0 spiro atoms. The Kier molecular flexibility index (Phi) is 4.23.